The number of carbonyl (C=O) groups excluding carboxylic acids is 1. The average molecular weight is 295 g/mol. The van der Waals surface area contributed by atoms with Gasteiger partial charge in [-0.05, 0) is 36.4 Å². The number of nitrogens with zero attached hydrogens (tertiary/aromatic N) is 2. The lowest BCUT2D eigenvalue weighted by atomic mass is 10.2. The summed E-state index contributed by atoms with van der Waals surface area (Å²) in [6, 6.07) is 11.7. The van der Waals surface area contributed by atoms with Gasteiger partial charge in [0.2, 0.25) is 0 Å². The van der Waals surface area contributed by atoms with Gasteiger partial charge in [-0.2, -0.15) is 5.26 Å². The molecule has 2 aromatic rings. The van der Waals surface area contributed by atoms with Crippen LogP contribution in [0.1, 0.15) is 16.1 Å². The SMILES string of the molecule is CNC(=O)C(C#N)=Cc1cccn1-c1cccc(C(=O)O)c1. The summed E-state index contributed by atoms with van der Waals surface area (Å²) in [4.78, 5) is 22.6. The van der Waals surface area contributed by atoms with E-state index < -0.39 is 11.9 Å². The minimum absolute atomic E-state index is 0.0307. The van der Waals surface area contributed by atoms with Gasteiger partial charge in [-0.3, -0.25) is 4.79 Å². The molecule has 0 aliphatic carbocycles. The number of hydrogen-bond donors (Lipinski definition) is 2. The van der Waals surface area contributed by atoms with Crippen LogP contribution in [0.25, 0.3) is 11.8 Å². The Labute approximate surface area is 126 Å². The van der Waals surface area contributed by atoms with Crippen LogP contribution in [0.15, 0.2) is 48.2 Å². The van der Waals surface area contributed by atoms with Crippen LogP contribution in [0.3, 0.4) is 0 Å². The first-order valence-corrected chi connectivity index (χ1v) is 6.41. The summed E-state index contributed by atoms with van der Waals surface area (Å²) >= 11 is 0. The van der Waals surface area contributed by atoms with Crippen molar-refractivity contribution in [2.45, 2.75) is 0 Å². The van der Waals surface area contributed by atoms with E-state index in [1.54, 1.807) is 35.0 Å². The van der Waals surface area contributed by atoms with E-state index in [0.717, 1.165) is 0 Å². The van der Waals surface area contributed by atoms with Crippen molar-refractivity contribution in [1.82, 2.24) is 9.88 Å². The van der Waals surface area contributed by atoms with E-state index in [0.29, 0.717) is 11.4 Å². The fraction of sp³-hybridized carbons (Fsp3) is 0.0625. The van der Waals surface area contributed by atoms with Gasteiger partial charge in [0.15, 0.2) is 0 Å². The number of carbonyl (C=O) groups is 2. The molecule has 6 heteroatoms. The standard InChI is InChI=1S/C16H13N3O3/c1-18-15(20)12(10-17)9-14-6-3-7-19(14)13-5-2-4-11(8-13)16(21)22/h2-9H,1H3,(H,18,20)(H,21,22). The highest BCUT2D eigenvalue weighted by molar-refractivity contribution is 6.01. The van der Waals surface area contributed by atoms with E-state index in [1.165, 1.54) is 25.3 Å². The lowest BCUT2D eigenvalue weighted by Crippen LogP contribution is -2.19. The van der Waals surface area contributed by atoms with Crippen molar-refractivity contribution in [2.75, 3.05) is 7.05 Å². The topological polar surface area (TPSA) is 95.1 Å². The molecular weight excluding hydrogens is 282 g/mol. The molecule has 1 amide bonds. The molecule has 1 aromatic carbocycles. The molecule has 0 saturated carbocycles. The van der Waals surface area contributed by atoms with E-state index in [9.17, 15) is 9.59 Å². The molecule has 110 valence electrons. The number of carboxylic acid groups (broad SMARTS) is 1. The van der Waals surface area contributed by atoms with Crippen molar-refractivity contribution < 1.29 is 14.7 Å². The predicted octanol–water partition coefficient (Wildman–Crippen LogP) is 1.83. The second-order valence-corrected chi connectivity index (χ2v) is 4.41. The van der Waals surface area contributed by atoms with Gasteiger partial charge in [0.25, 0.3) is 5.91 Å². The van der Waals surface area contributed by atoms with Crippen molar-refractivity contribution in [3.63, 3.8) is 0 Å². The molecular formula is C16H13N3O3. The molecule has 0 spiro atoms. The fourth-order valence-electron chi connectivity index (χ4n) is 1.97. The first kappa shape index (κ1) is 15.1. The van der Waals surface area contributed by atoms with Gasteiger partial charge in [0, 0.05) is 24.6 Å². The third-order valence-corrected chi connectivity index (χ3v) is 3.04. The van der Waals surface area contributed by atoms with Crippen LogP contribution in [-0.2, 0) is 4.79 Å². The van der Waals surface area contributed by atoms with Crippen molar-refractivity contribution >= 4 is 18.0 Å². The maximum atomic E-state index is 11.6. The normalized spacial score (nSPS) is 10.8. The van der Waals surface area contributed by atoms with E-state index in [4.69, 9.17) is 10.4 Å². The summed E-state index contributed by atoms with van der Waals surface area (Å²) in [5.74, 6) is -1.50. The molecule has 22 heavy (non-hydrogen) atoms. The van der Waals surface area contributed by atoms with Crippen molar-refractivity contribution in [3.8, 4) is 11.8 Å². The predicted molar refractivity (Wildman–Crippen MR) is 80.4 cm³/mol. The number of rotatable bonds is 4. The third-order valence-electron chi connectivity index (χ3n) is 3.04. The minimum Gasteiger partial charge on any atom is -0.478 e. The van der Waals surface area contributed by atoms with Gasteiger partial charge in [-0.1, -0.05) is 6.07 Å². The number of benzene rings is 1. The molecule has 0 aliphatic heterocycles. The number of nitrogens with one attached hydrogen (secondary N) is 1. The maximum absolute atomic E-state index is 11.6. The van der Waals surface area contributed by atoms with Gasteiger partial charge in [-0.15, -0.1) is 0 Å². The Balaban J connectivity index is 2.49. The lowest BCUT2D eigenvalue weighted by molar-refractivity contribution is -0.116. The Bertz CT molecular complexity index is 797. The van der Waals surface area contributed by atoms with Crippen molar-refractivity contribution in [2.24, 2.45) is 0 Å². The monoisotopic (exact) mass is 295 g/mol. The van der Waals surface area contributed by atoms with Crippen molar-refractivity contribution in [1.29, 1.82) is 5.26 Å². The molecule has 0 atom stereocenters. The van der Waals surface area contributed by atoms with Crippen LogP contribution in [-0.4, -0.2) is 28.6 Å². The summed E-state index contributed by atoms with van der Waals surface area (Å²) in [7, 11) is 1.45. The second kappa shape index (κ2) is 6.41. The fourth-order valence-corrected chi connectivity index (χ4v) is 1.97. The number of likely N-dealkylation sites (N-methyl/N-ethyl adjacent to an activating group) is 1. The summed E-state index contributed by atoms with van der Waals surface area (Å²) in [5.41, 5.74) is 1.36. The number of aromatic carboxylic acids is 1. The Morgan fingerprint density at radius 2 is 2.09 bits per heavy atom. The van der Waals surface area contributed by atoms with E-state index in [1.807, 2.05) is 6.07 Å². The van der Waals surface area contributed by atoms with Crippen molar-refractivity contribution in [3.05, 3.63) is 59.4 Å². The van der Waals surface area contributed by atoms with E-state index >= 15 is 0 Å². The van der Waals surface area contributed by atoms with Gasteiger partial charge in [0.1, 0.15) is 11.6 Å². The van der Waals surface area contributed by atoms with Crippen LogP contribution in [0.2, 0.25) is 0 Å². The molecule has 1 aromatic heterocycles. The minimum atomic E-state index is -1.02. The molecule has 0 radical (unpaired) electrons. The first-order chi connectivity index (χ1) is 10.6. The first-order valence-electron chi connectivity index (χ1n) is 6.41. The highest BCUT2D eigenvalue weighted by Crippen LogP contribution is 2.17. The average Bonchev–Trinajstić information content (AvgIpc) is 3.00. The van der Waals surface area contributed by atoms with Crippen LogP contribution >= 0.6 is 0 Å². The molecule has 0 fully saturated rings. The van der Waals surface area contributed by atoms with E-state index in [2.05, 4.69) is 5.32 Å². The molecule has 2 N–H and O–H groups in total. The van der Waals surface area contributed by atoms with Gasteiger partial charge in [0.05, 0.1) is 5.56 Å². The van der Waals surface area contributed by atoms with Gasteiger partial charge >= 0.3 is 5.97 Å². The number of nitriles is 1. The summed E-state index contributed by atoms with van der Waals surface area (Å²) in [6.45, 7) is 0. The highest BCUT2D eigenvalue weighted by atomic mass is 16.4. The number of amides is 1. The third kappa shape index (κ3) is 3.04. The zero-order valence-electron chi connectivity index (χ0n) is 11.8. The molecule has 1 heterocycles. The largest absolute Gasteiger partial charge is 0.478 e. The Morgan fingerprint density at radius 1 is 1.32 bits per heavy atom. The Kier molecular flexibility index (Phi) is 4.39. The molecule has 0 bridgehead atoms. The zero-order valence-corrected chi connectivity index (χ0v) is 11.8. The quantitative estimate of drug-likeness (QED) is 0.664. The van der Waals surface area contributed by atoms with E-state index in [-0.39, 0.29) is 11.1 Å². The zero-order chi connectivity index (χ0) is 16.1. The molecule has 0 unspecified atom stereocenters. The smallest absolute Gasteiger partial charge is 0.335 e. The Morgan fingerprint density at radius 3 is 2.73 bits per heavy atom. The molecule has 0 aliphatic rings. The summed E-state index contributed by atoms with van der Waals surface area (Å²) < 4.78 is 1.70. The Hall–Kier alpha value is -3.33. The second-order valence-electron chi connectivity index (χ2n) is 4.41. The van der Waals surface area contributed by atoms with Gasteiger partial charge < -0.3 is 15.0 Å². The molecule has 2 rings (SSSR count). The van der Waals surface area contributed by atoms with Crippen LogP contribution in [0.4, 0.5) is 0 Å². The molecule has 0 saturated heterocycles. The maximum Gasteiger partial charge on any atom is 0.335 e. The van der Waals surface area contributed by atoms with Crippen LogP contribution in [0.5, 0.6) is 0 Å². The van der Waals surface area contributed by atoms with Gasteiger partial charge in [-0.25, -0.2) is 4.79 Å². The number of carboxylic acids is 1. The number of hydrogen-bond acceptors (Lipinski definition) is 3. The summed E-state index contributed by atoms with van der Waals surface area (Å²) in [6.07, 6.45) is 3.18. The lowest BCUT2D eigenvalue weighted by Gasteiger charge is -2.08. The summed E-state index contributed by atoms with van der Waals surface area (Å²) in [5, 5.41) is 20.5. The number of aromatic nitrogens is 1. The van der Waals surface area contributed by atoms with Crippen LogP contribution in [0, 0.1) is 11.3 Å². The molecule has 6 nitrogen and oxygen atoms in total. The van der Waals surface area contributed by atoms with Crippen LogP contribution < -0.4 is 5.32 Å². The highest BCUT2D eigenvalue weighted by Gasteiger charge is 2.10.